The fraction of sp³-hybridized carbons (Fsp3) is 0.429. The minimum atomic E-state index is -0.459. The zero-order valence-corrected chi connectivity index (χ0v) is 17.6. The average molecular weight is 432 g/mol. The number of hydrazine groups is 1. The van der Waals surface area contributed by atoms with Crippen LogP contribution in [0.1, 0.15) is 18.4 Å². The third kappa shape index (κ3) is 3.55. The predicted molar refractivity (Wildman–Crippen MR) is 114 cm³/mol. The molecule has 2 saturated heterocycles. The van der Waals surface area contributed by atoms with Crippen molar-refractivity contribution in [2.24, 2.45) is 11.7 Å². The quantitative estimate of drug-likeness (QED) is 0.617. The number of fused-ring (bicyclic) bond motifs is 1. The van der Waals surface area contributed by atoms with Gasteiger partial charge in [-0.1, -0.05) is 24.2 Å². The van der Waals surface area contributed by atoms with E-state index in [4.69, 9.17) is 22.1 Å². The van der Waals surface area contributed by atoms with Crippen molar-refractivity contribution in [1.29, 1.82) is 0 Å². The number of rotatable bonds is 4. The first-order valence-corrected chi connectivity index (χ1v) is 10.4. The summed E-state index contributed by atoms with van der Waals surface area (Å²) in [5, 5.41) is 0.494. The predicted octanol–water partition coefficient (Wildman–Crippen LogP) is 1.09. The number of nitrogens with zero attached hydrogens (tertiary/aromatic N) is 2. The first-order valence-electron chi connectivity index (χ1n) is 10.00. The normalized spacial score (nSPS) is 28.5. The van der Waals surface area contributed by atoms with Crippen LogP contribution in [0.3, 0.4) is 0 Å². The Balaban J connectivity index is 1.70. The Morgan fingerprint density at radius 2 is 2.23 bits per heavy atom. The molecular weight excluding hydrogens is 406 g/mol. The molecule has 2 amide bonds. The molecule has 4 rings (SSSR count). The number of hydrogen-bond acceptors (Lipinski definition) is 6. The van der Waals surface area contributed by atoms with Crippen LogP contribution in [0.15, 0.2) is 37.1 Å². The van der Waals surface area contributed by atoms with Crippen molar-refractivity contribution in [2.75, 3.05) is 20.2 Å². The van der Waals surface area contributed by atoms with E-state index in [2.05, 4.69) is 22.3 Å². The Hall–Kier alpha value is -2.55. The van der Waals surface area contributed by atoms with E-state index in [1.165, 1.54) is 6.08 Å². The molecule has 3 aliphatic heterocycles. The van der Waals surface area contributed by atoms with Gasteiger partial charge in [-0.3, -0.25) is 15.0 Å². The fourth-order valence-corrected chi connectivity index (χ4v) is 4.92. The smallest absolute Gasteiger partial charge is 0.257 e. The van der Waals surface area contributed by atoms with Crippen LogP contribution in [-0.4, -0.2) is 60.1 Å². The Morgan fingerprint density at radius 3 is 2.93 bits per heavy atom. The topological polar surface area (TPSA) is 99.9 Å². The van der Waals surface area contributed by atoms with Gasteiger partial charge in [0.2, 0.25) is 5.91 Å². The monoisotopic (exact) mass is 431 g/mol. The maximum Gasteiger partial charge on any atom is 0.257 e. The summed E-state index contributed by atoms with van der Waals surface area (Å²) in [5.74, 6) is 0.101. The van der Waals surface area contributed by atoms with Gasteiger partial charge in [-0.05, 0) is 42.2 Å². The van der Waals surface area contributed by atoms with E-state index in [1.807, 2.05) is 24.4 Å². The van der Waals surface area contributed by atoms with Crippen LogP contribution in [-0.2, 0) is 9.59 Å². The molecule has 3 aliphatic rings. The van der Waals surface area contributed by atoms with Crippen LogP contribution in [0.5, 0.6) is 5.75 Å². The number of methoxy groups -OCH3 is 1. The van der Waals surface area contributed by atoms with E-state index in [0.29, 0.717) is 23.9 Å². The Kier molecular flexibility index (Phi) is 5.73. The molecule has 0 saturated carbocycles. The Morgan fingerprint density at radius 1 is 1.43 bits per heavy atom. The molecule has 3 heterocycles. The molecule has 30 heavy (non-hydrogen) atoms. The van der Waals surface area contributed by atoms with E-state index in [0.717, 1.165) is 24.0 Å². The molecular formula is C21H26ClN5O3. The summed E-state index contributed by atoms with van der Waals surface area (Å²) < 4.78 is 5.26. The van der Waals surface area contributed by atoms with Crippen molar-refractivity contribution >= 4 is 29.0 Å². The molecule has 0 bridgehead atoms. The van der Waals surface area contributed by atoms with Crippen LogP contribution in [0.4, 0.5) is 0 Å². The van der Waals surface area contributed by atoms with Crippen molar-refractivity contribution in [3.8, 4) is 5.75 Å². The summed E-state index contributed by atoms with van der Waals surface area (Å²) in [6.07, 6.45) is 4.63. The Labute approximate surface area is 180 Å². The van der Waals surface area contributed by atoms with E-state index in [9.17, 15) is 9.59 Å². The first kappa shape index (κ1) is 20.7. The number of hydrogen-bond donors (Lipinski definition) is 3. The molecule has 160 valence electrons. The molecule has 4 unspecified atom stereocenters. The number of carbonyl (C=O) groups is 2. The van der Waals surface area contributed by atoms with Crippen LogP contribution in [0.25, 0.3) is 5.57 Å². The van der Waals surface area contributed by atoms with Gasteiger partial charge in [0.15, 0.2) is 0 Å². The third-order valence-corrected chi connectivity index (χ3v) is 6.41. The Bertz CT molecular complexity index is 905. The molecule has 0 spiro atoms. The highest BCUT2D eigenvalue weighted by atomic mass is 35.5. The third-order valence-electron chi connectivity index (χ3n) is 6.12. The molecule has 2 fully saturated rings. The van der Waals surface area contributed by atoms with E-state index < -0.39 is 12.2 Å². The molecule has 1 aromatic carbocycles. The first-order chi connectivity index (χ1) is 14.4. The zero-order valence-electron chi connectivity index (χ0n) is 16.8. The van der Waals surface area contributed by atoms with E-state index >= 15 is 0 Å². The number of nitrogens with two attached hydrogens (primary N) is 1. The molecule has 0 radical (unpaired) electrons. The number of halogens is 1. The summed E-state index contributed by atoms with van der Waals surface area (Å²) in [6.45, 7) is 4.83. The highest BCUT2D eigenvalue weighted by Crippen LogP contribution is 2.41. The van der Waals surface area contributed by atoms with Crippen LogP contribution in [0.2, 0.25) is 5.02 Å². The fourth-order valence-electron chi connectivity index (χ4n) is 4.66. The molecule has 8 nitrogen and oxygen atoms in total. The van der Waals surface area contributed by atoms with Crippen molar-refractivity contribution in [3.63, 3.8) is 0 Å². The summed E-state index contributed by atoms with van der Waals surface area (Å²) in [5.41, 5.74) is 13.8. The number of benzene rings is 1. The molecule has 0 aliphatic carbocycles. The number of piperidine rings is 1. The minimum Gasteiger partial charge on any atom is -0.495 e. The second-order valence-electron chi connectivity index (χ2n) is 7.80. The molecule has 4 N–H and O–H groups in total. The highest BCUT2D eigenvalue weighted by Gasteiger charge is 2.49. The second kappa shape index (κ2) is 8.29. The van der Waals surface area contributed by atoms with Crippen molar-refractivity contribution in [2.45, 2.75) is 31.1 Å². The van der Waals surface area contributed by atoms with Gasteiger partial charge in [0, 0.05) is 31.2 Å². The van der Waals surface area contributed by atoms with Gasteiger partial charge < -0.3 is 20.3 Å². The number of likely N-dealkylation sites (tertiary alicyclic amines) is 1. The highest BCUT2D eigenvalue weighted by molar-refractivity contribution is 6.32. The van der Waals surface area contributed by atoms with Crippen LogP contribution in [0, 0.1) is 5.92 Å². The molecule has 1 aromatic rings. The number of ether oxygens (including phenoxy) is 1. The molecule has 0 aromatic heterocycles. The van der Waals surface area contributed by atoms with Gasteiger partial charge in [0.25, 0.3) is 5.91 Å². The van der Waals surface area contributed by atoms with Crippen molar-refractivity contribution < 1.29 is 14.3 Å². The average Bonchev–Trinajstić information content (AvgIpc) is 3.18. The zero-order chi connectivity index (χ0) is 21.4. The summed E-state index contributed by atoms with van der Waals surface area (Å²) in [7, 11) is 1.57. The van der Waals surface area contributed by atoms with Crippen LogP contribution < -0.4 is 21.3 Å². The van der Waals surface area contributed by atoms with Gasteiger partial charge in [-0.2, -0.15) is 0 Å². The van der Waals surface area contributed by atoms with Crippen molar-refractivity contribution in [3.05, 3.63) is 47.6 Å². The molecule has 4 atom stereocenters. The molecule has 9 heteroatoms. The maximum atomic E-state index is 12.8. The number of amides is 2. The SMILES string of the molecule is C=CC(=O)N1CCCC(N2C=C(c3ccc(OC)c(Cl)c3)C3C(N)NNC(=O)C32)C1. The van der Waals surface area contributed by atoms with Crippen LogP contribution >= 0.6 is 11.6 Å². The maximum absolute atomic E-state index is 12.8. The second-order valence-corrected chi connectivity index (χ2v) is 8.20. The summed E-state index contributed by atoms with van der Waals surface area (Å²) >= 11 is 6.36. The van der Waals surface area contributed by atoms with E-state index in [-0.39, 0.29) is 23.8 Å². The number of nitrogens with one attached hydrogen (secondary N) is 2. The van der Waals surface area contributed by atoms with Gasteiger partial charge in [-0.25, -0.2) is 5.43 Å². The lowest BCUT2D eigenvalue weighted by molar-refractivity contribution is -0.132. The van der Waals surface area contributed by atoms with E-state index in [1.54, 1.807) is 12.0 Å². The largest absolute Gasteiger partial charge is 0.495 e. The lowest BCUT2D eigenvalue weighted by atomic mass is 9.86. The number of carbonyl (C=O) groups excluding carboxylic acids is 2. The minimum absolute atomic E-state index is 0.0115. The van der Waals surface area contributed by atoms with Gasteiger partial charge in [0.05, 0.1) is 18.3 Å². The lowest BCUT2D eigenvalue weighted by Gasteiger charge is -2.43. The van der Waals surface area contributed by atoms with Gasteiger partial charge in [-0.15, -0.1) is 0 Å². The van der Waals surface area contributed by atoms with Crippen molar-refractivity contribution in [1.82, 2.24) is 20.7 Å². The van der Waals surface area contributed by atoms with Gasteiger partial charge >= 0.3 is 0 Å². The lowest BCUT2D eigenvalue weighted by Crippen LogP contribution is -2.67. The standard InChI is InChI=1S/C21H26ClN5O3/c1-3-17(28)26-8-4-5-13(10-26)27-11-14(12-6-7-16(30-2)15(22)9-12)18-19(27)21(29)25-24-20(18)23/h3,6-7,9,11,13,18-20,24H,1,4-5,8,10,23H2,2H3,(H,25,29). The van der Waals surface area contributed by atoms with Gasteiger partial charge in [0.1, 0.15) is 11.8 Å². The summed E-state index contributed by atoms with van der Waals surface area (Å²) in [6, 6.07) is 5.12. The summed E-state index contributed by atoms with van der Waals surface area (Å²) in [4.78, 5) is 28.8.